The summed E-state index contributed by atoms with van der Waals surface area (Å²) in [5, 5.41) is 0. The van der Waals surface area contributed by atoms with Crippen LogP contribution in [-0.2, 0) is 38.4 Å². The molecule has 0 N–H and O–H groups in total. The molecule has 0 amide bonds. The summed E-state index contributed by atoms with van der Waals surface area (Å²) in [5.41, 5.74) is 0. The fraction of sp³-hybridized carbons (Fsp3) is 0. The molecule has 30 valence electrons. The molecule has 1 nitrogen and oxygen atoms in total. The summed E-state index contributed by atoms with van der Waals surface area (Å²) in [6, 6.07) is 0. The van der Waals surface area contributed by atoms with Crippen LogP contribution in [0.3, 0.4) is 0 Å². The first-order valence-corrected chi connectivity index (χ1v) is 0.612. The minimum atomic E-state index is 0. The maximum Gasteiger partial charge on any atom is 1.00 e. The summed E-state index contributed by atoms with van der Waals surface area (Å²) in [4.78, 5) is 0. The van der Waals surface area contributed by atoms with Crippen LogP contribution in [0.4, 0.5) is 0 Å². The maximum absolute atomic E-state index is 8.06. The first-order chi connectivity index (χ1) is 1.00. The summed E-state index contributed by atoms with van der Waals surface area (Å²) in [5.74, 6) is 0. The zero-order chi connectivity index (χ0) is 2.00. The van der Waals surface area contributed by atoms with Crippen molar-refractivity contribution >= 4 is 9.12 Å². The van der Waals surface area contributed by atoms with Gasteiger partial charge in [0.2, 0.25) is 0 Å². The van der Waals surface area contributed by atoms with E-state index in [1.54, 1.807) is 9.12 Å². The molecular weight excluding hydrogens is 168 g/mol. The van der Waals surface area contributed by atoms with Crippen molar-refractivity contribution in [2.24, 2.45) is 0 Å². The monoisotopic (exact) mass is 170 g/mol. The SMILES string of the molecule is O=P.[Co].[H-].[Li+].[Mn]. The van der Waals surface area contributed by atoms with Crippen LogP contribution in [0.2, 0.25) is 0 Å². The van der Waals surface area contributed by atoms with Gasteiger partial charge in [0, 0.05) is 33.8 Å². The van der Waals surface area contributed by atoms with E-state index >= 15 is 0 Å². The first-order valence-electron chi connectivity index (χ1n) is 0.204. The first kappa shape index (κ1) is 29.7. The van der Waals surface area contributed by atoms with Gasteiger partial charge in [-0.25, -0.2) is 0 Å². The summed E-state index contributed by atoms with van der Waals surface area (Å²) >= 11 is 0. The van der Waals surface area contributed by atoms with Crippen molar-refractivity contribution in [3.8, 4) is 0 Å². The molecule has 0 spiro atoms. The Balaban J connectivity index is -0.000000000833. The fourth-order valence-electron chi connectivity index (χ4n) is 0. The van der Waals surface area contributed by atoms with Crippen molar-refractivity contribution in [1.82, 2.24) is 0 Å². The Labute approximate surface area is 67.6 Å². The van der Waals surface area contributed by atoms with Crippen molar-refractivity contribution in [2.45, 2.75) is 0 Å². The van der Waals surface area contributed by atoms with Crippen molar-refractivity contribution in [1.29, 1.82) is 0 Å². The third-order valence-corrected chi connectivity index (χ3v) is 0. The summed E-state index contributed by atoms with van der Waals surface area (Å²) in [7, 11) is 1.72. The summed E-state index contributed by atoms with van der Waals surface area (Å²) < 4.78 is 8.06. The van der Waals surface area contributed by atoms with E-state index in [-0.39, 0.29) is 54.1 Å². The van der Waals surface area contributed by atoms with E-state index in [0.29, 0.717) is 0 Å². The van der Waals surface area contributed by atoms with Gasteiger partial charge in [0.25, 0.3) is 0 Å². The van der Waals surface area contributed by atoms with Gasteiger partial charge in [-0.2, -0.15) is 0 Å². The van der Waals surface area contributed by atoms with Crippen LogP contribution in [-0.4, -0.2) is 0 Å². The zero-order valence-corrected chi connectivity index (χ0v) is 5.84. The molecule has 5 heteroatoms. The average molecular weight is 170 g/mol. The number of hydrogen-bond donors (Lipinski definition) is 0. The van der Waals surface area contributed by atoms with E-state index in [2.05, 4.69) is 0 Å². The van der Waals surface area contributed by atoms with Gasteiger partial charge < -0.3 is 1.43 Å². The molecule has 0 unspecified atom stereocenters. The number of hydrogen-bond acceptors (Lipinski definition) is 1. The molecule has 0 fully saturated rings. The molecule has 0 aromatic heterocycles. The van der Waals surface area contributed by atoms with Gasteiger partial charge in [-0.15, -0.1) is 0 Å². The van der Waals surface area contributed by atoms with Crippen molar-refractivity contribution in [3.05, 3.63) is 0 Å². The van der Waals surface area contributed by atoms with Gasteiger partial charge in [0.1, 0.15) is 9.12 Å². The molecule has 0 aromatic carbocycles. The maximum atomic E-state index is 8.06. The molecule has 0 aliphatic carbocycles. The van der Waals surface area contributed by atoms with Crippen LogP contribution in [0.1, 0.15) is 1.43 Å². The molecule has 0 aromatic rings. The number of rotatable bonds is 0. The fourth-order valence-corrected chi connectivity index (χ4v) is 0. The zero-order valence-electron chi connectivity index (χ0n) is 3.62. The van der Waals surface area contributed by atoms with Gasteiger partial charge >= 0.3 is 18.9 Å². The van der Waals surface area contributed by atoms with Crippen molar-refractivity contribution in [3.63, 3.8) is 0 Å². The van der Waals surface area contributed by atoms with E-state index in [0.717, 1.165) is 0 Å². The molecule has 0 bridgehead atoms. The standard InChI is InChI=1S/Co.Li.Mn.HOP.H/c;;;1-2;/h;;;2H;/q;+1;;;-1. The van der Waals surface area contributed by atoms with E-state index in [1.165, 1.54) is 0 Å². The van der Waals surface area contributed by atoms with E-state index in [9.17, 15) is 0 Å². The molecular formula is H2CoLiMnOP. The van der Waals surface area contributed by atoms with Crippen LogP contribution in [0.15, 0.2) is 0 Å². The normalized spacial score (nSPS) is 0.800. The predicted octanol–water partition coefficient (Wildman–Crippen LogP) is -2.41. The Hall–Kier alpha value is 1.72. The predicted molar refractivity (Wildman–Crippen MR) is 10.1 cm³/mol. The molecule has 0 saturated heterocycles. The van der Waals surface area contributed by atoms with E-state index < -0.39 is 0 Å². The van der Waals surface area contributed by atoms with Crippen molar-refractivity contribution in [2.75, 3.05) is 0 Å². The van der Waals surface area contributed by atoms with Crippen LogP contribution in [0.5, 0.6) is 0 Å². The summed E-state index contributed by atoms with van der Waals surface area (Å²) in [6.45, 7) is 0. The Morgan fingerprint density at radius 3 is 1.40 bits per heavy atom. The topological polar surface area (TPSA) is 17.1 Å². The summed E-state index contributed by atoms with van der Waals surface area (Å²) in [6.07, 6.45) is 0. The quantitative estimate of drug-likeness (QED) is 0.292. The molecule has 5 heavy (non-hydrogen) atoms. The third kappa shape index (κ3) is 26.7. The molecule has 0 heterocycles. The Morgan fingerprint density at radius 1 is 1.40 bits per heavy atom. The van der Waals surface area contributed by atoms with Gasteiger partial charge in [-0.3, -0.25) is 4.57 Å². The van der Waals surface area contributed by atoms with Crippen LogP contribution in [0.25, 0.3) is 0 Å². The largest absolute Gasteiger partial charge is 1.00 e. The van der Waals surface area contributed by atoms with Gasteiger partial charge in [0.05, 0.1) is 0 Å². The second-order valence-electron chi connectivity index (χ2n) is 0. The Bertz CT molecular complexity index is 15.5. The Morgan fingerprint density at radius 2 is 1.40 bits per heavy atom. The van der Waals surface area contributed by atoms with Crippen LogP contribution in [0, 0.1) is 0 Å². The third-order valence-electron chi connectivity index (χ3n) is 0. The van der Waals surface area contributed by atoms with Gasteiger partial charge in [-0.05, 0) is 0 Å². The molecule has 0 saturated carbocycles. The van der Waals surface area contributed by atoms with E-state index in [4.69, 9.17) is 4.57 Å². The van der Waals surface area contributed by atoms with Crippen molar-refractivity contribution < 1.29 is 58.7 Å². The second-order valence-corrected chi connectivity index (χ2v) is 0. The van der Waals surface area contributed by atoms with E-state index in [1.807, 2.05) is 0 Å². The molecule has 2 radical (unpaired) electrons. The van der Waals surface area contributed by atoms with Crippen LogP contribution < -0.4 is 18.9 Å². The van der Waals surface area contributed by atoms with Gasteiger partial charge in [-0.1, -0.05) is 0 Å². The average Bonchev–Trinajstić information content (AvgIpc) is 1.00. The molecule has 0 rings (SSSR count). The molecule has 0 aliphatic heterocycles. The molecule has 0 aliphatic rings. The second kappa shape index (κ2) is 43.0. The minimum Gasteiger partial charge on any atom is -1.00 e. The minimum absolute atomic E-state index is 0. The van der Waals surface area contributed by atoms with Crippen LogP contribution >= 0.6 is 9.12 Å². The van der Waals surface area contributed by atoms with Gasteiger partial charge in [0.15, 0.2) is 0 Å². The smallest absolute Gasteiger partial charge is 1.00 e. The molecule has 0 atom stereocenters. The Kier molecular flexibility index (Phi) is 255.